The van der Waals surface area contributed by atoms with E-state index in [1.165, 1.54) is 31.4 Å². The molecule has 3 atom stereocenters. The van der Waals surface area contributed by atoms with E-state index < -0.39 is 25.1 Å². The van der Waals surface area contributed by atoms with E-state index in [1.807, 2.05) is 60.7 Å². The Morgan fingerprint density at radius 2 is 1.39 bits per heavy atom. The summed E-state index contributed by atoms with van der Waals surface area (Å²) in [6.45, 7) is 0. The molecule has 0 amide bonds. The van der Waals surface area contributed by atoms with Gasteiger partial charge in [0.25, 0.3) is 0 Å². The van der Waals surface area contributed by atoms with Gasteiger partial charge in [0.15, 0.2) is 7.29 Å². The molecule has 1 saturated heterocycles. The van der Waals surface area contributed by atoms with E-state index in [-0.39, 0.29) is 11.3 Å². The number of halogens is 1. The summed E-state index contributed by atoms with van der Waals surface area (Å²) in [6, 6.07) is 24.2. The lowest BCUT2D eigenvalue weighted by atomic mass is 10.0. The summed E-state index contributed by atoms with van der Waals surface area (Å²) in [5, 5.41) is 3.23. The maximum atomic E-state index is 14.8. The molecular formula is C25H25FNO3P. The fraction of sp³-hybridized carbons (Fsp3) is 0.240. The highest BCUT2D eigenvalue weighted by atomic mass is 31.2. The second kappa shape index (κ2) is 9.17. The van der Waals surface area contributed by atoms with Gasteiger partial charge in [-0.3, -0.25) is 0 Å². The topological polar surface area (TPSA) is 55.4 Å². The van der Waals surface area contributed by atoms with Crippen molar-refractivity contribution in [1.29, 1.82) is 0 Å². The molecule has 4 nitrogen and oxygen atoms in total. The Kier molecular flexibility index (Phi) is 6.35. The average Bonchev–Trinajstić information content (AvgIpc) is 3.15. The van der Waals surface area contributed by atoms with Crippen molar-refractivity contribution in [1.82, 2.24) is 5.09 Å². The van der Waals surface area contributed by atoms with Gasteiger partial charge in [-0.05, 0) is 41.7 Å². The molecule has 1 N–H and O–H groups in total. The quantitative estimate of drug-likeness (QED) is 0.369. The molecule has 0 spiro atoms. The van der Waals surface area contributed by atoms with Crippen LogP contribution in [0.25, 0.3) is 0 Å². The second-order valence-corrected chi connectivity index (χ2v) is 10.7. The molecule has 1 heterocycles. The molecule has 6 heteroatoms. The lowest BCUT2D eigenvalue weighted by Crippen LogP contribution is -2.29. The summed E-state index contributed by atoms with van der Waals surface area (Å²) in [5.41, 5.74) is 2.03. The van der Waals surface area contributed by atoms with Gasteiger partial charge in [-0.15, -0.1) is 0 Å². The van der Waals surface area contributed by atoms with Crippen LogP contribution in [0.3, 0.4) is 0 Å². The van der Waals surface area contributed by atoms with Gasteiger partial charge in [-0.25, -0.2) is 14.3 Å². The van der Waals surface area contributed by atoms with Gasteiger partial charge in [0, 0.05) is 0 Å². The zero-order valence-corrected chi connectivity index (χ0v) is 18.2. The van der Waals surface area contributed by atoms with Crippen LogP contribution in [0.5, 0.6) is 0 Å². The molecule has 4 rings (SSSR count). The van der Waals surface area contributed by atoms with Crippen LogP contribution in [0.4, 0.5) is 4.39 Å². The summed E-state index contributed by atoms with van der Waals surface area (Å²) in [6.07, 6.45) is 1.48. The molecule has 0 saturated carbocycles. The number of rotatable bonds is 6. The fourth-order valence-electron chi connectivity index (χ4n) is 4.46. The number of benzene rings is 3. The first-order valence-electron chi connectivity index (χ1n) is 10.3. The standard InChI is InChI=1S/C25H25FNO3P/c1-30-25(28)24(20-12-14-21(26)15-13-20)27-31(29)22(18-8-4-2-5-9-18)16-17-23(31)19-10-6-3-7-11-19/h2-15,22-24H,16-17H2,1H3,(H,27,29)/t22-,23-,24-/m0/s1. The minimum absolute atomic E-state index is 0.230. The lowest BCUT2D eigenvalue weighted by molar-refractivity contribution is -0.142. The van der Waals surface area contributed by atoms with Crippen LogP contribution in [-0.2, 0) is 14.1 Å². The summed E-state index contributed by atoms with van der Waals surface area (Å²) < 4.78 is 33.3. The molecule has 1 aliphatic heterocycles. The van der Waals surface area contributed by atoms with E-state index in [0.29, 0.717) is 5.56 Å². The minimum Gasteiger partial charge on any atom is -0.468 e. The summed E-state index contributed by atoms with van der Waals surface area (Å²) >= 11 is 0. The van der Waals surface area contributed by atoms with Gasteiger partial charge in [-0.2, -0.15) is 0 Å². The monoisotopic (exact) mass is 437 g/mol. The summed E-state index contributed by atoms with van der Waals surface area (Å²) in [5.74, 6) is -0.948. The first-order chi connectivity index (χ1) is 15.0. The molecule has 0 aromatic heterocycles. The molecule has 0 aliphatic carbocycles. The number of carbonyl (C=O) groups excluding carboxylic acids is 1. The highest BCUT2D eigenvalue weighted by molar-refractivity contribution is 7.63. The fourth-order valence-corrected chi connectivity index (χ4v) is 8.21. The minimum atomic E-state index is -3.18. The van der Waals surface area contributed by atoms with E-state index in [1.54, 1.807) is 0 Å². The van der Waals surface area contributed by atoms with Gasteiger partial charge in [0.05, 0.1) is 18.4 Å². The van der Waals surface area contributed by atoms with Crippen molar-refractivity contribution in [2.75, 3.05) is 7.11 Å². The SMILES string of the molecule is COC(=O)[C@@H](NP1(=O)[C@H](c2ccccc2)CC[C@H]1c1ccccc1)c1ccc(F)cc1. The molecule has 3 aromatic rings. The van der Waals surface area contributed by atoms with E-state index in [9.17, 15) is 13.8 Å². The van der Waals surface area contributed by atoms with Crippen molar-refractivity contribution in [3.8, 4) is 0 Å². The van der Waals surface area contributed by atoms with Crippen LogP contribution in [0.2, 0.25) is 0 Å². The van der Waals surface area contributed by atoms with Crippen molar-refractivity contribution < 1.29 is 18.5 Å². The predicted molar refractivity (Wildman–Crippen MR) is 119 cm³/mol. The Bertz CT molecular complexity index is 1020. The Labute approximate surface area is 181 Å². The zero-order valence-electron chi connectivity index (χ0n) is 17.3. The molecule has 0 bridgehead atoms. The number of hydrogen-bond acceptors (Lipinski definition) is 3. The third kappa shape index (κ3) is 4.34. The Balaban J connectivity index is 1.78. The third-order valence-corrected chi connectivity index (χ3v) is 9.61. The number of hydrogen-bond donors (Lipinski definition) is 1. The summed E-state index contributed by atoms with van der Waals surface area (Å²) in [4.78, 5) is 12.7. The van der Waals surface area contributed by atoms with Crippen molar-refractivity contribution in [3.05, 3.63) is 107 Å². The Morgan fingerprint density at radius 3 is 1.84 bits per heavy atom. The Morgan fingerprint density at radius 1 is 0.903 bits per heavy atom. The van der Waals surface area contributed by atoms with Crippen LogP contribution in [0.1, 0.15) is 46.9 Å². The van der Waals surface area contributed by atoms with Gasteiger partial charge in [0.2, 0.25) is 0 Å². The van der Waals surface area contributed by atoms with E-state index in [0.717, 1.165) is 24.0 Å². The van der Waals surface area contributed by atoms with Crippen molar-refractivity contribution in [2.24, 2.45) is 0 Å². The molecule has 31 heavy (non-hydrogen) atoms. The normalized spacial score (nSPS) is 20.8. The lowest BCUT2D eigenvalue weighted by Gasteiger charge is -2.31. The van der Waals surface area contributed by atoms with Crippen LogP contribution in [0, 0.1) is 5.82 Å². The van der Waals surface area contributed by atoms with Gasteiger partial charge in [0.1, 0.15) is 11.9 Å². The number of carbonyl (C=O) groups is 1. The average molecular weight is 437 g/mol. The number of nitrogens with one attached hydrogen (secondary N) is 1. The third-order valence-electron chi connectivity index (χ3n) is 5.98. The van der Waals surface area contributed by atoms with Crippen LogP contribution in [-0.4, -0.2) is 13.1 Å². The first kappa shape index (κ1) is 21.5. The first-order valence-corrected chi connectivity index (χ1v) is 12.2. The van der Waals surface area contributed by atoms with E-state index in [4.69, 9.17) is 4.74 Å². The molecular weight excluding hydrogens is 412 g/mol. The summed E-state index contributed by atoms with van der Waals surface area (Å²) in [7, 11) is -1.88. The van der Waals surface area contributed by atoms with E-state index >= 15 is 0 Å². The molecule has 160 valence electrons. The van der Waals surface area contributed by atoms with Gasteiger partial charge in [-0.1, -0.05) is 72.8 Å². The number of esters is 1. The van der Waals surface area contributed by atoms with Crippen LogP contribution < -0.4 is 5.09 Å². The highest BCUT2D eigenvalue weighted by Gasteiger charge is 2.49. The number of ether oxygens (including phenoxy) is 1. The van der Waals surface area contributed by atoms with Crippen molar-refractivity contribution in [3.63, 3.8) is 0 Å². The molecule has 1 aliphatic rings. The van der Waals surface area contributed by atoms with Crippen LogP contribution in [0.15, 0.2) is 84.9 Å². The van der Waals surface area contributed by atoms with Gasteiger partial charge >= 0.3 is 5.97 Å². The van der Waals surface area contributed by atoms with Crippen molar-refractivity contribution in [2.45, 2.75) is 30.2 Å². The van der Waals surface area contributed by atoms with Gasteiger partial charge < -0.3 is 9.30 Å². The molecule has 0 radical (unpaired) electrons. The van der Waals surface area contributed by atoms with Crippen molar-refractivity contribution >= 4 is 13.3 Å². The number of methoxy groups -OCH3 is 1. The molecule has 0 unspecified atom stereocenters. The maximum absolute atomic E-state index is 14.8. The predicted octanol–water partition coefficient (Wildman–Crippen LogP) is 6.18. The zero-order chi connectivity index (χ0) is 21.8. The second-order valence-electron chi connectivity index (χ2n) is 7.78. The Hall–Kier alpha value is -2.75. The largest absolute Gasteiger partial charge is 0.468 e. The van der Waals surface area contributed by atoms with Crippen LogP contribution >= 0.6 is 7.29 Å². The molecule has 3 aromatic carbocycles. The maximum Gasteiger partial charge on any atom is 0.327 e. The van der Waals surface area contributed by atoms with E-state index in [2.05, 4.69) is 5.09 Å². The highest BCUT2D eigenvalue weighted by Crippen LogP contribution is 2.74. The molecule has 1 fully saturated rings. The smallest absolute Gasteiger partial charge is 0.327 e.